The predicted octanol–water partition coefficient (Wildman–Crippen LogP) is -0.526. The van der Waals surface area contributed by atoms with Gasteiger partial charge in [0.25, 0.3) is 5.91 Å². The lowest BCUT2D eigenvalue weighted by Gasteiger charge is -2.23. The van der Waals surface area contributed by atoms with Gasteiger partial charge in [-0.3, -0.25) is 9.89 Å². The summed E-state index contributed by atoms with van der Waals surface area (Å²) in [6, 6.07) is 0.195. The largest absolute Gasteiger partial charge is 0.383 e. The topological polar surface area (TPSA) is 95.8 Å². The Kier molecular flexibility index (Phi) is 2.86. The molecule has 0 radical (unpaired) electrons. The quantitative estimate of drug-likeness (QED) is 0.526. The molecule has 0 spiro atoms. The highest BCUT2D eigenvalue weighted by Crippen LogP contribution is 2.07. The SMILES string of the molecule is Nc1[nH]ncc1C(=O)NC1CCCNC1. The van der Waals surface area contributed by atoms with E-state index in [1.807, 2.05) is 0 Å². The lowest BCUT2D eigenvalue weighted by molar-refractivity contribution is 0.0931. The number of carbonyl (C=O) groups excluding carboxylic acids is 1. The highest BCUT2D eigenvalue weighted by atomic mass is 16.1. The molecule has 1 fully saturated rings. The minimum atomic E-state index is -0.157. The number of nitrogens with one attached hydrogen (secondary N) is 3. The zero-order valence-corrected chi connectivity index (χ0v) is 8.42. The van der Waals surface area contributed by atoms with Crippen molar-refractivity contribution in [2.75, 3.05) is 18.8 Å². The smallest absolute Gasteiger partial charge is 0.256 e. The lowest BCUT2D eigenvalue weighted by atomic mass is 10.1. The first-order chi connectivity index (χ1) is 7.27. The third-order valence-corrected chi connectivity index (χ3v) is 2.55. The summed E-state index contributed by atoms with van der Waals surface area (Å²) in [6.07, 6.45) is 3.54. The molecule has 1 atom stereocenters. The fourth-order valence-electron chi connectivity index (χ4n) is 1.72. The highest BCUT2D eigenvalue weighted by Gasteiger charge is 2.18. The van der Waals surface area contributed by atoms with Gasteiger partial charge < -0.3 is 16.4 Å². The number of nitrogens with zero attached hydrogens (tertiary/aromatic N) is 1. The van der Waals surface area contributed by atoms with Crippen LogP contribution in [0.4, 0.5) is 5.82 Å². The van der Waals surface area contributed by atoms with Gasteiger partial charge in [0.15, 0.2) is 0 Å². The van der Waals surface area contributed by atoms with Crippen LogP contribution in [0.5, 0.6) is 0 Å². The number of anilines is 1. The Morgan fingerprint density at radius 1 is 1.67 bits per heavy atom. The van der Waals surface area contributed by atoms with E-state index in [2.05, 4.69) is 20.8 Å². The van der Waals surface area contributed by atoms with Crippen LogP contribution >= 0.6 is 0 Å². The lowest BCUT2D eigenvalue weighted by Crippen LogP contribution is -2.45. The second-order valence-corrected chi connectivity index (χ2v) is 3.71. The summed E-state index contributed by atoms with van der Waals surface area (Å²) in [7, 11) is 0. The number of piperidine rings is 1. The Morgan fingerprint density at radius 3 is 3.13 bits per heavy atom. The molecule has 1 aromatic rings. The molecule has 0 bridgehead atoms. The van der Waals surface area contributed by atoms with Crippen molar-refractivity contribution in [3.05, 3.63) is 11.8 Å². The maximum absolute atomic E-state index is 11.7. The molecule has 6 nitrogen and oxygen atoms in total. The molecule has 0 aromatic carbocycles. The normalized spacial score (nSPS) is 21.2. The fourth-order valence-corrected chi connectivity index (χ4v) is 1.72. The Morgan fingerprint density at radius 2 is 2.53 bits per heavy atom. The minimum absolute atomic E-state index is 0.157. The molecule has 1 saturated heterocycles. The van der Waals surface area contributed by atoms with Gasteiger partial charge in [0.05, 0.1) is 6.20 Å². The van der Waals surface area contributed by atoms with E-state index in [-0.39, 0.29) is 11.9 Å². The van der Waals surface area contributed by atoms with E-state index in [0.29, 0.717) is 11.4 Å². The number of rotatable bonds is 2. The van der Waals surface area contributed by atoms with Crippen LogP contribution in [-0.2, 0) is 0 Å². The standard InChI is InChI=1S/C9H15N5O/c10-8-7(5-12-14-8)9(15)13-6-2-1-3-11-4-6/h5-6,11H,1-4H2,(H,13,15)(H3,10,12,14). The van der Waals surface area contributed by atoms with Gasteiger partial charge in [-0.2, -0.15) is 5.10 Å². The van der Waals surface area contributed by atoms with Crippen LogP contribution in [0, 0.1) is 0 Å². The molecular formula is C9H15N5O. The number of nitrogens with two attached hydrogens (primary N) is 1. The van der Waals surface area contributed by atoms with E-state index in [1.165, 1.54) is 6.20 Å². The number of hydrogen-bond donors (Lipinski definition) is 4. The summed E-state index contributed by atoms with van der Waals surface area (Å²) in [6.45, 7) is 1.85. The predicted molar refractivity (Wildman–Crippen MR) is 56.4 cm³/mol. The number of hydrogen-bond acceptors (Lipinski definition) is 4. The maximum Gasteiger partial charge on any atom is 0.256 e. The Hall–Kier alpha value is -1.56. The molecular weight excluding hydrogens is 194 g/mol. The van der Waals surface area contributed by atoms with Gasteiger partial charge in [0.1, 0.15) is 11.4 Å². The van der Waals surface area contributed by atoms with Crippen LogP contribution in [0.3, 0.4) is 0 Å². The van der Waals surface area contributed by atoms with E-state index in [0.717, 1.165) is 25.9 Å². The molecule has 1 aliphatic rings. The number of aromatic nitrogens is 2. The van der Waals surface area contributed by atoms with E-state index >= 15 is 0 Å². The average molecular weight is 209 g/mol. The molecule has 15 heavy (non-hydrogen) atoms. The summed E-state index contributed by atoms with van der Waals surface area (Å²) in [4.78, 5) is 11.7. The number of nitrogen functional groups attached to an aromatic ring is 1. The Labute approximate surface area is 87.6 Å². The summed E-state index contributed by atoms with van der Waals surface area (Å²) in [5, 5.41) is 12.4. The van der Waals surface area contributed by atoms with Gasteiger partial charge >= 0.3 is 0 Å². The Bertz CT molecular complexity index is 342. The molecule has 6 heteroatoms. The van der Waals surface area contributed by atoms with Crippen LogP contribution in [-0.4, -0.2) is 35.2 Å². The van der Waals surface area contributed by atoms with Crippen molar-refractivity contribution in [1.82, 2.24) is 20.8 Å². The van der Waals surface area contributed by atoms with Crippen molar-refractivity contribution in [2.24, 2.45) is 0 Å². The number of carbonyl (C=O) groups is 1. The second kappa shape index (κ2) is 4.31. The summed E-state index contributed by atoms with van der Waals surface area (Å²) < 4.78 is 0. The molecule has 1 amide bonds. The van der Waals surface area contributed by atoms with Crippen molar-refractivity contribution in [1.29, 1.82) is 0 Å². The summed E-state index contributed by atoms with van der Waals surface area (Å²) in [5.41, 5.74) is 5.97. The van der Waals surface area contributed by atoms with Gasteiger partial charge in [-0.25, -0.2) is 0 Å². The van der Waals surface area contributed by atoms with Crippen molar-refractivity contribution in [2.45, 2.75) is 18.9 Å². The third-order valence-electron chi connectivity index (χ3n) is 2.55. The van der Waals surface area contributed by atoms with Gasteiger partial charge in [-0.1, -0.05) is 0 Å². The molecule has 5 N–H and O–H groups in total. The molecule has 2 heterocycles. The first kappa shape index (κ1) is 9.97. The first-order valence-corrected chi connectivity index (χ1v) is 5.08. The van der Waals surface area contributed by atoms with E-state index < -0.39 is 0 Å². The summed E-state index contributed by atoms with van der Waals surface area (Å²) >= 11 is 0. The molecule has 1 aromatic heterocycles. The second-order valence-electron chi connectivity index (χ2n) is 3.71. The van der Waals surface area contributed by atoms with Crippen molar-refractivity contribution in [3.8, 4) is 0 Å². The van der Waals surface area contributed by atoms with E-state index in [1.54, 1.807) is 0 Å². The van der Waals surface area contributed by atoms with Gasteiger partial charge in [0, 0.05) is 12.6 Å². The molecule has 2 rings (SSSR count). The molecule has 0 aliphatic carbocycles. The molecule has 0 saturated carbocycles. The van der Waals surface area contributed by atoms with Crippen LogP contribution in [0.2, 0.25) is 0 Å². The van der Waals surface area contributed by atoms with Crippen LogP contribution in [0.15, 0.2) is 6.20 Å². The van der Waals surface area contributed by atoms with Crippen molar-refractivity contribution in [3.63, 3.8) is 0 Å². The van der Waals surface area contributed by atoms with Gasteiger partial charge in [-0.05, 0) is 19.4 Å². The molecule has 82 valence electrons. The van der Waals surface area contributed by atoms with Crippen LogP contribution in [0.25, 0.3) is 0 Å². The van der Waals surface area contributed by atoms with Crippen LogP contribution < -0.4 is 16.4 Å². The van der Waals surface area contributed by atoms with Gasteiger partial charge in [0.2, 0.25) is 0 Å². The fraction of sp³-hybridized carbons (Fsp3) is 0.556. The monoisotopic (exact) mass is 209 g/mol. The summed E-state index contributed by atoms with van der Waals surface area (Å²) in [5.74, 6) is 0.159. The molecule has 1 aliphatic heterocycles. The zero-order chi connectivity index (χ0) is 10.7. The zero-order valence-electron chi connectivity index (χ0n) is 8.42. The van der Waals surface area contributed by atoms with Crippen LogP contribution in [0.1, 0.15) is 23.2 Å². The maximum atomic E-state index is 11.7. The first-order valence-electron chi connectivity index (χ1n) is 5.08. The Balaban J connectivity index is 1.94. The van der Waals surface area contributed by atoms with Gasteiger partial charge in [-0.15, -0.1) is 0 Å². The third kappa shape index (κ3) is 2.27. The van der Waals surface area contributed by atoms with E-state index in [4.69, 9.17) is 5.73 Å². The highest BCUT2D eigenvalue weighted by molar-refractivity contribution is 5.98. The number of aromatic amines is 1. The van der Waals surface area contributed by atoms with Crippen molar-refractivity contribution >= 4 is 11.7 Å². The van der Waals surface area contributed by atoms with Crippen molar-refractivity contribution < 1.29 is 4.79 Å². The van der Waals surface area contributed by atoms with E-state index in [9.17, 15) is 4.79 Å². The molecule has 1 unspecified atom stereocenters. The number of H-pyrrole nitrogens is 1. The minimum Gasteiger partial charge on any atom is -0.383 e. The average Bonchev–Trinajstić information content (AvgIpc) is 2.66. The number of amides is 1.